The van der Waals surface area contributed by atoms with Gasteiger partial charge in [0.1, 0.15) is 0 Å². The molecule has 2 N–H and O–H groups in total. The Bertz CT molecular complexity index is 694. The normalized spacial score (nSPS) is 10.3. The summed E-state index contributed by atoms with van der Waals surface area (Å²) >= 11 is 11.6. The first kappa shape index (κ1) is 17.3. The molecule has 4 nitrogen and oxygen atoms in total. The SMILES string of the molecule is O=C(CCCC(=O)c1ccccc1)Nc1cc(Cl)c(O)c(Cl)c1. The number of hydrogen-bond acceptors (Lipinski definition) is 3. The highest BCUT2D eigenvalue weighted by Crippen LogP contribution is 2.34. The summed E-state index contributed by atoms with van der Waals surface area (Å²) in [5.41, 5.74) is 1.04. The van der Waals surface area contributed by atoms with Gasteiger partial charge in [-0.3, -0.25) is 9.59 Å². The molecule has 23 heavy (non-hydrogen) atoms. The second-order valence-electron chi connectivity index (χ2n) is 4.98. The Balaban J connectivity index is 1.83. The molecule has 0 fully saturated rings. The average Bonchev–Trinajstić information content (AvgIpc) is 2.53. The van der Waals surface area contributed by atoms with E-state index >= 15 is 0 Å². The van der Waals surface area contributed by atoms with Gasteiger partial charge in [-0.05, 0) is 18.6 Å². The Hall–Kier alpha value is -2.04. The number of hydrogen-bond donors (Lipinski definition) is 2. The molecule has 0 atom stereocenters. The zero-order valence-electron chi connectivity index (χ0n) is 12.2. The zero-order chi connectivity index (χ0) is 16.8. The summed E-state index contributed by atoms with van der Waals surface area (Å²) in [6.07, 6.45) is 0.947. The molecule has 0 bridgehead atoms. The third-order valence-electron chi connectivity index (χ3n) is 3.20. The molecule has 0 spiro atoms. The van der Waals surface area contributed by atoms with Gasteiger partial charge in [0.2, 0.25) is 5.91 Å². The van der Waals surface area contributed by atoms with Crippen LogP contribution in [-0.4, -0.2) is 16.8 Å². The molecule has 0 heterocycles. The molecule has 0 saturated carbocycles. The number of Topliss-reactive ketones (excluding diaryl/α,β-unsaturated/α-hetero) is 1. The lowest BCUT2D eigenvalue weighted by molar-refractivity contribution is -0.116. The Morgan fingerprint density at radius 1 is 1.00 bits per heavy atom. The number of carbonyl (C=O) groups is 2. The number of ketones is 1. The lowest BCUT2D eigenvalue weighted by Crippen LogP contribution is -2.12. The molecule has 0 radical (unpaired) electrons. The van der Waals surface area contributed by atoms with E-state index < -0.39 is 0 Å². The molecule has 0 unspecified atom stereocenters. The highest BCUT2D eigenvalue weighted by atomic mass is 35.5. The monoisotopic (exact) mass is 351 g/mol. The number of halogens is 2. The van der Waals surface area contributed by atoms with Crippen molar-refractivity contribution in [2.75, 3.05) is 5.32 Å². The van der Waals surface area contributed by atoms with Gasteiger partial charge in [-0.25, -0.2) is 0 Å². The summed E-state index contributed by atoms with van der Waals surface area (Å²) in [5.74, 6) is -0.461. The molecule has 2 aromatic carbocycles. The summed E-state index contributed by atoms with van der Waals surface area (Å²) in [5, 5.41) is 12.2. The second-order valence-corrected chi connectivity index (χ2v) is 5.79. The van der Waals surface area contributed by atoms with Crippen molar-refractivity contribution in [2.45, 2.75) is 19.3 Å². The smallest absolute Gasteiger partial charge is 0.224 e. The number of anilines is 1. The second kappa shape index (κ2) is 7.99. The topological polar surface area (TPSA) is 66.4 Å². The highest BCUT2D eigenvalue weighted by molar-refractivity contribution is 6.37. The largest absolute Gasteiger partial charge is 0.505 e. The van der Waals surface area contributed by atoms with E-state index in [-0.39, 0.29) is 33.9 Å². The van der Waals surface area contributed by atoms with Crippen LogP contribution in [0.5, 0.6) is 5.75 Å². The van der Waals surface area contributed by atoms with Gasteiger partial charge >= 0.3 is 0 Å². The average molecular weight is 352 g/mol. The van der Waals surface area contributed by atoms with Crippen LogP contribution in [0.1, 0.15) is 29.6 Å². The molecular formula is C17H15Cl2NO3. The van der Waals surface area contributed by atoms with Crippen molar-refractivity contribution < 1.29 is 14.7 Å². The minimum Gasteiger partial charge on any atom is -0.505 e. The highest BCUT2D eigenvalue weighted by Gasteiger charge is 2.10. The fraction of sp³-hybridized carbons (Fsp3) is 0.176. The van der Waals surface area contributed by atoms with E-state index in [4.69, 9.17) is 23.2 Å². The molecule has 6 heteroatoms. The molecule has 0 aliphatic rings. The Kier molecular flexibility index (Phi) is 6.02. The summed E-state index contributed by atoms with van der Waals surface area (Å²) in [6, 6.07) is 11.8. The molecule has 2 rings (SSSR count). The molecular weight excluding hydrogens is 337 g/mol. The van der Waals surface area contributed by atoms with Crippen LogP contribution in [0.3, 0.4) is 0 Å². The minimum atomic E-state index is -0.247. The van der Waals surface area contributed by atoms with Crippen LogP contribution < -0.4 is 5.32 Å². The Morgan fingerprint density at radius 2 is 1.61 bits per heavy atom. The van der Waals surface area contributed by atoms with Crippen molar-refractivity contribution in [1.82, 2.24) is 0 Å². The third kappa shape index (κ3) is 4.98. The quantitative estimate of drug-likeness (QED) is 0.585. The number of carbonyl (C=O) groups excluding carboxylic acids is 2. The predicted molar refractivity (Wildman–Crippen MR) is 91.4 cm³/mol. The molecule has 0 aliphatic heterocycles. The number of benzene rings is 2. The first-order chi connectivity index (χ1) is 11.0. The third-order valence-corrected chi connectivity index (χ3v) is 3.78. The van der Waals surface area contributed by atoms with Crippen LogP contribution in [0.25, 0.3) is 0 Å². The van der Waals surface area contributed by atoms with Crippen LogP contribution in [0.15, 0.2) is 42.5 Å². The number of aromatic hydroxyl groups is 1. The fourth-order valence-electron chi connectivity index (χ4n) is 2.04. The fourth-order valence-corrected chi connectivity index (χ4v) is 2.53. The Morgan fingerprint density at radius 3 is 2.22 bits per heavy atom. The summed E-state index contributed by atoms with van der Waals surface area (Å²) in [7, 11) is 0. The van der Waals surface area contributed by atoms with E-state index in [0.29, 0.717) is 24.1 Å². The van der Waals surface area contributed by atoms with Gasteiger partial charge in [0.15, 0.2) is 11.5 Å². The zero-order valence-corrected chi connectivity index (χ0v) is 13.7. The van der Waals surface area contributed by atoms with Gasteiger partial charge in [-0.15, -0.1) is 0 Å². The van der Waals surface area contributed by atoms with E-state index in [0.717, 1.165) is 0 Å². The van der Waals surface area contributed by atoms with E-state index in [1.165, 1.54) is 12.1 Å². The van der Waals surface area contributed by atoms with Crippen LogP contribution in [-0.2, 0) is 4.79 Å². The van der Waals surface area contributed by atoms with Gasteiger partial charge in [0, 0.05) is 24.1 Å². The molecule has 1 amide bonds. The standard InChI is InChI=1S/C17H15Cl2NO3/c18-13-9-12(10-14(19)17(13)23)20-16(22)8-4-7-15(21)11-5-2-1-3-6-11/h1-3,5-6,9-10,23H,4,7-8H2,(H,20,22). The molecule has 120 valence electrons. The van der Waals surface area contributed by atoms with Gasteiger partial charge in [0.25, 0.3) is 0 Å². The van der Waals surface area contributed by atoms with E-state index in [9.17, 15) is 14.7 Å². The van der Waals surface area contributed by atoms with Crippen molar-refractivity contribution in [3.05, 3.63) is 58.1 Å². The van der Waals surface area contributed by atoms with Crippen LogP contribution in [0, 0.1) is 0 Å². The van der Waals surface area contributed by atoms with Gasteiger partial charge in [-0.2, -0.15) is 0 Å². The summed E-state index contributed by atoms with van der Waals surface area (Å²) in [4.78, 5) is 23.8. The van der Waals surface area contributed by atoms with Crippen molar-refractivity contribution >= 4 is 40.6 Å². The first-order valence-corrected chi connectivity index (χ1v) is 7.79. The molecule has 0 saturated heterocycles. The van der Waals surface area contributed by atoms with E-state index in [2.05, 4.69) is 5.32 Å². The number of phenols is 1. The minimum absolute atomic E-state index is 0.00845. The lowest BCUT2D eigenvalue weighted by atomic mass is 10.1. The van der Waals surface area contributed by atoms with Crippen molar-refractivity contribution in [2.24, 2.45) is 0 Å². The summed E-state index contributed by atoms with van der Waals surface area (Å²) < 4.78 is 0. The van der Waals surface area contributed by atoms with Crippen molar-refractivity contribution in [3.63, 3.8) is 0 Å². The van der Waals surface area contributed by atoms with Crippen LogP contribution in [0.4, 0.5) is 5.69 Å². The number of phenolic OH excluding ortho intramolecular Hbond substituents is 1. The summed E-state index contributed by atoms with van der Waals surface area (Å²) in [6.45, 7) is 0. The van der Waals surface area contributed by atoms with E-state index in [1.807, 2.05) is 6.07 Å². The number of rotatable bonds is 6. The van der Waals surface area contributed by atoms with Gasteiger partial charge in [0.05, 0.1) is 10.0 Å². The molecule has 2 aromatic rings. The maximum Gasteiger partial charge on any atom is 0.224 e. The van der Waals surface area contributed by atoms with Gasteiger partial charge < -0.3 is 10.4 Å². The molecule has 0 aromatic heterocycles. The van der Waals surface area contributed by atoms with Crippen LogP contribution >= 0.6 is 23.2 Å². The maximum atomic E-state index is 11.9. The number of amides is 1. The Labute approximate surface area is 144 Å². The predicted octanol–water partition coefficient (Wildman–Crippen LogP) is 4.69. The maximum absolute atomic E-state index is 11.9. The van der Waals surface area contributed by atoms with Crippen molar-refractivity contribution in [1.29, 1.82) is 0 Å². The van der Waals surface area contributed by atoms with Gasteiger partial charge in [-0.1, -0.05) is 53.5 Å². The van der Waals surface area contributed by atoms with Crippen LogP contribution in [0.2, 0.25) is 10.0 Å². The van der Waals surface area contributed by atoms with Crippen molar-refractivity contribution in [3.8, 4) is 5.75 Å². The first-order valence-electron chi connectivity index (χ1n) is 7.03. The van der Waals surface area contributed by atoms with E-state index in [1.54, 1.807) is 24.3 Å². The lowest BCUT2D eigenvalue weighted by Gasteiger charge is -2.08. The molecule has 0 aliphatic carbocycles. The number of nitrogens with one attached hydrogen (secondary N) is 1.